The summed E-state index contributed by atoms with van der Waals surface area (Å²) >= 11 is 0. The topological polar surface area (TPSA) is 78.7 Å². The summed E-state index contributed by atoms with van der Waals surface area (Å²) in [5.74, 6) is 0.0325. The second-order valence-corrected chi connectivity index (χ2v) is 5.26. The molecule has 0 aliphatic rings. The first-order valence-electron chi connectivity index (χ1n) is 7.26. The van der Waals surface area contributed by atoms with Crippen LogP contribution in [0.5, 0.6) is 0 Å². The number of nitrogens with one attached hydrogen (secondary N) is 2. The number of Topliss-reactive ketones (excluding diaryl/α,β-unsaturated/α-hetero) is 1. The number of benzene rings is 1. The molecule has 23 heavy (non-hydrogen) atoms. The fraction of sp³-hybridized carbons (Fsp3) is 0.111. The molecular formula is C18H16N4O. The van der Waals surface area contributed by atoms with Crippen LogP contribution in [0, 0.1) is 5.41 Å². The maximum Gasteiger partial charge on any atom is 0.148 e. The average molecular weight is 304 g/mol. The molecular weight excluding hydrogens is 288 g/mol. The van der Waals surface area contributed by atoms with Gasteiger partial charge in [-0.1, -0.05) is 12.1 Å². The summed E-state index contributed by atoms with van der Waals surface area (Å²) in [6.07, 6.45) is 6.49. The first-order valence-corrected chi connectivity index (χ1v) is 7.26. The van der Waals surface area contributed by atoms with Crippen molar-refractivity contribution in [3.8, 4) is 11.1 Å². The minimum absolute atomic E-state index is 0.0325. The van der Waals surface area contributed by atoms with Gasteiger partial charge in [-0.05, 0) is 30.7 Å². The Hall–Kier alpha value is -3.08. The van der Waals surface area contributed by atoms with Gasteiger partial charge in [-0.15, -0.1) is 0 Å². The molecule has 5 heteroatoms. The molecule has 114 valence electrons. The molecule has 3 aromatic rings. The fourth-order valence-corrected chi connectivity index (χ4v) is 2.44. The van der Waals surface area contributed by atoms with Gasteiger partial charge in [0.2, 0.25) is 0 Å². The second-order valence-electron chi connectivity index (χ2n) is 5.26. The third kappa shape index (κ3) is 3.08. The molecule has 0 aliphatic heterocycles. The monoisotopic (exact) mass is 304 g/mol. The first-order chi connectivity index (χ1) is 11.2. The van der Waals surface area contributed by atoms with Crippen molar-refractivity contribution in [1.82, 2.24) is 9.97 Å². The number of pyridine rings is 2. The molecule has 0 unspecified atom stereocenters. The van der Waals surface area contributed by atoms with Gasteiger partial charge >= 0.3 is 0 Å². The second kappa shape index (κ2) is 6.36. The standard InChI is InChI=1S/C18H16N4O/c1-12(23)9-21-18-11-22-17-5-4-13(7-15(17)16(18)8-19)14-3-2-6-20-10-14/h2-8,10-11,19,21H,9H2,1H3. The van der Waals surface area contributed by atoms with E-state index in [9.17, 15) is 4.79 Å². The van der Waals surface area contributed by atoms with Crippen LogP contribution in [0.4, 0.5) is 5.69 Å². The molecule has 0 radical (unpaired) electrons. The van der Waals surface area contributed by atoms with Gasteiger partial charge in [0.15, 0.2) is 0 Å². The van der Waals surface area contributed by atoms with Crippen molar-refractivity contribution < 1.29 is 4.79 Å². The lowest BCUT2D eigenvalue weighted by Gasteiger charge is -2.11. The minimum Gasteiger partial charge on any atom is -0.376 e. The molecule has 0 saturated carbocycles. The zero-order valence-electron chi connectivity index (χ0n) is 12.7. The number of rotatable bonds is 5. The van der Waals surface area contributed by atoms with Crippen molar-refractivity contribution in [3.63, 3.8) is 0 Å². The van der Waals surface area contributed by atoms with Crippen LogP contribution in [0.1, 0.15) is 12.5 Å². The largest absolute Gasteiger partial charge is 0.376 e. The Balaban J connectivity index is 2.12. The van der Waals surface area contributed by atoms with Crippen LogP contribution in [0.3, 0.4) is 0 Å². The van der Waals surface area contributed by atoms with E-state index in [1.807, 2.05) is 30.3 Å². The van der Waals surface area contributed by atoms with E-state index in [4.69, 9.17) is 5.41 Å². The van der Waals surface area contributed by atoms with Crippen LogP contribution in [-0.4, -0.2) is 28.5 Å². The number of aromatic nitrogens is 2. The van der Waals surface area contributed by atoms with Gasteiger partial charge in [0.05, 0.1) is 23.9 Å². The maximum atomic E-state index is 11.2. The highest BCUT2D eigenvalue weighted by Gasteiger charge is 2.09. The number of carbonyl (C=O) groups is 1. The zero-order valence-corrected chi connectivity index (χ0v) is 12.7. The van der Waals surface area contributed by atoms with Crippen LogP contribution in [0.2, 0.25) is 0 Å². The number of carbonyl (C=O) groups excluding carboxylic acids is 1. The van der Waals surface area contributed by atoms with Crippen LogP contribution in [0.15, 0.2) is 48.9 Å². The van der Waals surface area contributed by atoms with E-state index in [0.29, 0.717) is 5.69 Å². The van der Waals surface area contributed by atoms with E-state index >= 15 is 0 Å². The molecule has 1 aromatic carbocycles. The van der Waals surface area contributed by atoms with E-state index in [1.165, 1.54) is 13.1 Å². The van der Waals surface area contributed by atoms with Crippen LogP contribution >= 0.6 is 0 Å². The van der Waals surface area contributed by atoms with E-state index < -0.39 is 0 Å². The average Bonchev–Trinajstić information content (AvgIpc) is 2.59. The van der Waals surface area contributed by atoms with Crippen LogP contribution in [-0.2, 0) is 4.79 Å². The van der Waals surface area contributed by atoms with Gasteiger partial charge in [0.25, 0.3) is 0 Å². The summed E-state index contributed by atoms with van der Waals surface area (Å²) in [6.45, 7) is 1.74. The van der Waals surface area contributed by atoms with Gasteiger partial charge in [0.1, 0.15) is 5.78 Å². The molecule has 0 saturated heterocycles. The van der Waals surface area contributed by atoms with Crippen molar-refractivity contribution in [1.29, 1.82) is 5.41 Å². The Morgan fingerprint density at radius 2 is 2.13 bits per heavy atom. The predicted molar refractivity (Wildman–Crippen MR) is 92.0 cm³/mol. The molecule has 2 aromatic heterocycles. The maximum absolute atomic E-state index is 11.2. The lowest BCUT2D eigenvalue weighted by atomic mass is 10.0. The number of anilines is 1. The molecule has 0 aliphatic carbocycles. The van der Waals surface area contributed by atoms with E-state index in [2.05, 4.69) is 15.3 Å². The summed E-state index contributed by atoms with van der Waals surface area (Å²) < 4.78 is 0. The van der Waals surface area contributed by atoms with Gasteiger partial charge in [0, 0.05) is 35.1 Å². The summed E-state index contributed by atoms with van der Waals surface area (Å²) in [5.41, 5.74) is 4.24. The zero-order chi connectivity index (χ0) is 16.2. The Kier molecular flexibility index (Phi) is 4.10. The molecule has 0 bridgehead atoms. The fourth-order valence-electron chi connectivity index (χ4n) is 2.44. The number of nitrogens with zero attached hydrogens (tertiary/aromatic N) is 2. The highest BCUT2D eigenvalue weighted by molar-refractivity contribution is 6.04. The number of ketones is 1. The van der Waals surface area contributed by atoms with E-state index in [1.54, 1.807) is 18.6 Å². The Morgan fingerprint density at radius 3 is 2.83 bits per heavy atom. The quantitative estimate of drug-likeness (QED) is 0.709. The molecule has 0 amide bonds. The summed E-state index contributed by atoms with van der Waals surface area (Å²) in [7, 11) is 0. The Morgan fingerprint density at radius 1 is 1.26 bits per heavy atom. The van der Waals surface area contributed by atoms with Crippen molar-refractivity contribution in [2.75, 3.05) is 11.9 Å². The molecule has 0 spiro atoms. The minimum atomic E-state index is 0.0325. The van der Waals surface area contributed by atoms with Crippen LogP contribution in [0.25, 0.3) is 22.0 Å². The van der Waals surface area contributed by atoms with Crippen molar-refractivity contribution in [3.05, 3.63) is 54.5 Å². The predicted octanol–water partition coefficient (Wildman–Crippen LogP) is 3.30. The summed E-state index contributed by atoms with van der Waals surface area (Å²) in [6, 6.07) is 9.80. The highest BCUT2D eigenvalue weighted by Crippen LogP contribution is 2.28. The number of fused-ring (bicyclic) bond motifs is 1. The third-order valence-electron chi connectivity index (χ3n) is 3.58. The normalized spacial score (nSPS) is 10.5. The molecule has 5 nitrogen and oxygen atoms in total. The molecule has 3 rings (SSSR count). The summed E-state index contributed by atoms with van der Waals surface area (Å²) in [4.78, 5) is 19.7. The number of hydrogen-bond donors (Lipinski definition) is 2. The van der Waals surface area contributed by atoms with Crippen LogP contribution < -0.4 is 5.32 Å². The lowest BCUT2D eigenvalue weighted by molar-refractivity contribution is -0.115. The third-order valence-corrected chi connectivity index (χ3v) is 3.58. The summed E-state index contributed by atoms with van der Waals surface area (Å²) in [5, 5.41) is 11.6. The highest BCUT2D eigenvalue weighted by atomic mass is 16.1. The molecule has 0 atom stereocenters. The molecule has 2 heterocycles. The first kappa shape index (κ1) is 14.8. The van der Waals surface area contributed by atoms with E-state index in [0.717, 1.165) is 27.6 Å². The molecule has 2 N–H and O–H groups in total. The van der Waals surface area contributed by atoms with Gasteiger partial charge < -0.3 is 10.7 Å². The van der Waals surface area contributed by atoms with Gasteiger partial charge in [-0.3, -0.25) is 14.8 Å². The van der Waals surface area contributed by atoms with Crippen molar-refractivity contribution in [2.24, 2.45) is 0 Å². The van der Waals surface area contributed by atoms with Gasteiger partial charge in [-0.2, -0.15) is 0 Å². The van der Waals surface area contributed by atoms with Crippen molar-refractivity contribution in [2.45, 2.75) is 6.92 Å². The SMILES string of the molecule is CC(=O)CNc1cnc2ccc(-c3cccnc3)cc2c1C=N. The Labute approximate surface area is 133 Å². The van der Waals surface area contributed by atoms with E-state index in [-0.39, 0.29) is 12.3 Å². The Bertz CT molecular complexity index is 875. The molecule has 0 fully saturated rings. The smallest absolute Gasteiger partial charge is 0.148 e. The number of hydrogen-bond acceptors (Lipinski definition) is 5. The van der Waals surface area contributed by atoms with Crippen molar-refractivity contribution >= 4 is 28.6 Å². The van der Waals surface area contributed by atoms with Gasteiger partial charge in [-0.25, -0.2) is 0 Å². The lowest BCUT2D eigenvalue weighted by Crippen LogP contribution is -2.11.